The lowest BCUT2D eigenvalue weighted by Gasteiger charge is -2.27. The minimum absolute atomic E-state index is 0.350. The summed E-state index contributed by atoms with van der Waals surface area (Å²) in [7, 11) is -0.376. The lowest BCUT2D eigenvalue weighted by molar-refractivity contribution is 0.112. The minimum Gasteiger partial charge on any atom is -0.364 e. The molecule has 0 aliphatic rings. The number of hydrogen-bond donors (Lipinski definition) is 4. The molecule has 0 heterocycles. The molecule has 0 amide bonds. The first-order valence-corrected chi connectivity index (χ1v) is 17.1. The molecule has 0 fully saturated rings. The Bertz CT molecular complexity index is 1520. The number of nitrogens with one attached hydrogen (secondary N) is 4. The Morgan fingerprint density at radius 2 is 1.27 bits per heavy atom. The average Bonchev–Trinajstić information content (AvgIpc) is 3.10. The standard InChI is InChI=1S/C34H35N6O2PS2/c1-26(32(38-39-33(44)35-2)28-20-18-27(24-41)19-21-28)37-40-34(45)36-22-23-42-25-43(29-12-6-3-7-13-29,30-14-8-4-9-15-30)31-16-10-5-11-17-31/h3-21,24H,22-23,25H2,1-2H3,(H3-,35,36,37,38,39,40,41,44,45)/p+1. The second-order valence-electron chi connectivity index (χ2n) is 9.81. The molecule has 230 valence electrons. The van der Waals surface area contributed by atoms with Gasteiger partial charge < -0.3 is 15.4 Å². The van der Waals surface area contributed by atoms with Crippen molar-refractivity contribution in [3.8, 4) is 0 Å². The molecule has 4 aromatic rings. The molecule has 0 radical (unpaired) electrons. The molecule has 0 atom stereocenters. The fourth-order valence-corrected chi connectivity index (χ4v) is 8.60. The topological polar surface area (TPSA) is 99.1 Å². The Hall–Kier alpha value is -4.34. The van der Waals surface area contributed by atoms with E-state index in [-0.39, 0.29) is 0 Å². The van der Waals surface area contributed by atoms with Crippen LogP contribution in [0.5, 0.6) is 0 Å². The number of ether oxygens (including phenoxy) is 1. The number of hydrogen-bond acceptors (Lipinski definition) is 6. The summed E-state index contributed by atoms with van der Waals surface area (Å²) in [5, 5.41) is 19.3. The molecule has 0 aliphatic heterocycles. The molecule has 0 aromatic heterocycles. The van der Waals surface area contributed by atoms with Gasteiger partial charge in [-0.05, 0) is 67.8 Å². The monoisotopic (exact) mass is 655 g/mol. The summed E-state index contributed by atoms with van der Waals surface area (Å²) in [4.78, 5) is 11.1. The van der Waals surface area contributed by atoms with Crippen molar-refractivity contribution in [3.05, 3.63) is 126 Å². The zero-order valence-corrected chi connectivity index (χ0v) is 27.7. The molecule has 0 bridgehead atoms. The van der Waals surface area contributed by atoms with Crippen LogP contribution in [0.4, 0.5) is 0 Å². The number of thiocarbonyl (C=S) groups is 2. The van der Waals surface area contributed by atoms with Crippen LogP contribution >= 0.6 is 31.7 Å². The molecule has 0 spiro atoms. The maximum Gasteiger partial charge on any atom is 0.187 e. The van der Waals surface area contributed by atoms with E-state index in [1.807, 2.05) is 18.2 Å². The fourth-order valence-electron chi connectivity index (χ4n) is 4.62. The van der Waals surface area contributed by atoms with Crippen molar-refractivity contribution in [2.75, 3.05) is 26.5 Å². The van der Waals surface area contributed by atoms with Crippen molar-refractivity contribution >= 4 is 75.5 Å². The number of carbonyl (C=O) groups excluding carboxylic acids is 1. The minimum atomic E-state index is -2.08. The van der Waals surface area contributed by atoms with E-state index in [1.54, 1.807) is 38.2 Å². The second-order valence-corrected chi connectivity index (χ2v) is 14.1. The van der Waals surface area contributed by atoms with Crippen LogP contribution in [0.1, 0.15) is 22.8 Å². The summed E-state index contributed by atoms with van der Waals surface area (Å²) in [5.74, 6) is 0. The highest BCUT2D eigenvalue weighted by Gasteiger charge is 2.45. The third-order valence-corrected chi connectivity index (χ3v) is 11.5. The Balaban J connectivity index is 1.41. The van der Waals surface area contributed by atoms with Crippen LogP contribution < -0.4 is 37.4 Å². The highest BCUT2D eigenvalue weighted by atomic mass is 32.1. The number of benzene rings is 4. The second kappa shape index (κ2) is 17.2. The quantitative estimate of drug-likeness (QED) is 0.0427. The highest BCUT2D eigenvalue weighted by Crippen LogP contribution is 2.55. The summed E-state index contributed by atoms with van der Waals surface area (Å²) in [6, 6.07) is 38.9. The lowest BCUT2D eigenvalue weighted by Crippen LogP contribution is -2.37. The third kappa shape index (κ3) is 9.09. The first-order valence-electron chi connectivity index (χ1n) is 14.3. The first kappa shape index (κ1) is 33.6. The van der Waals surface area contributed by atoms with E-state index in [1.165, 1.54) is 15.9 Å². The molecular weight excluding hydrogens is 620 g/mol. The fraction of sp³-hybridized carbons (Fsp3) is 0.147. The van der Waals surface area contributed by atoms with Crippen LogP contribution in [0.3, 0.4) is 0 Å². The van der Waals surface area contributed by atoms with Gasteiger partial charge in [-0.1, -0.05) is 78.9 Å². The Labute approximate surface area is 275 Å². The predicted octanol–water partition coefficient (Wildman–Crippen LogP) is 4.11. The van der Waals surface area contributed by atoms with E-state index in [0.717, 1.165) is 11.8 Å². The summed E-state index contributed by atoms with van der Waals surface area (Å²) >= 11 is 10.6. The normalized spacial score (nSPS) is 11.8. The van der Waals surface area contributed by atoms with Crippen molar-refractivity contribution in [2.24, 2.45) is 10.2 Å². The van der Waals surface area contributed by atoms with Crippen LogP contribution in [0.15, 0.2) is 125 Å². The van der Waals surface area contributed by atoms with Gasteiger partial charge in [-0.2, -0.15) is 10.2 Å². The number of nitrogens with zero attached hydrogens (tertiary/aromatic N) is 2. The van der Waals surface area contributed by atoms with E-state index in [4.69, 9.17) is 29.2 Å². The molecule has 45 heavy (non-hydrogen) atoms. The van der Waals surface area contributed by atoms with Gasteiger partial charge in [-0.15, -0.1) is 0 Å². The van der Waals surface area contributed by atoms with E-state index in [0.29, 0.717) is 46.7 Å². The molecule has 4 rings (SSSR count). The zero-order valence-electron chi connectivity index (χ0n) is 25.1. The molecule has 0 aliphatic carbocycles. The van der Waals surface area contributed by atoms with Gasteiger partial charge in [0.05, 0.1) is 12.3 Å². The number of aldehydes is 1. The van der Waals surface area contributed by atoms with Crippen molar-refractivity contribution in [1.29, 1.82) is 0 Å². The number of carbonyl (C=O) groups is 1. The average molecular weight is 656 g/mol. The zero-order chi connectivity index (χ0) is 31.9. The molecule has 11 heteroatoms. The van der Waals surface area contributed by atoms with E-state index >= 15 is 0 Å². The van der Waals surface area contributed by atoms with E-state index in [2.05, 4.69) is 104 Å². The summed E-state index contributed by atoms with van der Waals surface area (Å²) in [6.45, 7) is 2.74. The van der Waals surface area contributed by atoms with Gasteiger partial charge in [0.25, 0.3) is 0 Å². The molecular formula is C34H36N6O2PS2+. The van der Waals surface area contributed by atoms with Crippen molar-refractivity contribution in [2.45, 2.75) is 6.92 Å². The van der Waals surface area contributed by atoms with Crippen LogP contribution in [0, 0.1) is 0 Å². The summed E-state index contributed by atoms with van der Waals surface area (Å²) in [6.07, 6.45) is 1.34. The molecule has 0 saturated carbocycles. The third-order valence-electron chi connectivity index (χ3n) is 6.89. The van der Waals surface area contributed by atoms with Crippen LogP contribution in [-0.2, 0) is 4.74 Å². The SMILES string of the molecule is CNC(=S)N/N=C(/C(C)=N/NC(=S)NCCOC[P+](c1ccccc1)(c1ccccc1)c1ccccc1)c1ccc(C=O)cc1. The Morgan fingerprint density at radius 1 is 0.756 bits per heavy atom. The molecule has 4 N–H and O–H groups in total. The van der Waals surface area contributed by atoms with Crippen molar-refractivity contribution in [1.82, 2.24) is 21.5 Å². The van der Waals surface area contributed by atoms with Gasteiger partial charge >= 0.3 is 0 Å². The molecule has 8 nitrogen and oxygen atoms in total. The van der Waals surface area contributed by atoms with Crippen LogP contribution in [0.25, 0.3) is 0 Å². The maximum absolute atomic E-state index is 11.1. The van der Waals surface area contributed by atoms with Gasteiger partial charge in [0, 0.05) is 24.7 Å². The highest BCUT2D eigenvalue weighted by molar-refractivity contribution is 7.95. The maximum atomic E-state index is 11.1. The van der Waals surface area contributed by atoms with Gasteiger partial charge in [0.2, 0.25) is 0 Å². The van der Waals surface area contributed by atoms with Crippen LogP contribution in [0.2, 0.25) is 0 Å². The first-order chi connectivity index (χ1) is 22.0. The van der Waals surface area contributed by atoms with Gasteiger partial charge in [-0.25, -0.2) is 0 Å². The van der Waals surface area contributed by atoms with Gasteiger partial charge in [-0.3, -0.25) is 15.6 Å². The molecule has 0 unspecified atom stereocenters. The Morgan fingerprint density at radius 3 is 1.76 bits per heavy atom. The van der Waals surface area contributed by atoms with Gasteiger partial charge in [0.15, 0.2) is 16.6 Å². The predicted molar refractivity (Wildman–Crippen MR) is 196 cm³/mol. The lowest BCUT2D eigenvalue weighted by atomic mass is 10.1. The summed E-state index contributed by atoms with van der Waals surface area (Å²) in [5.41, 5.74) is 8.09. The Kier molecular flexibility index (Phi) is 12.8. The number of hydrazone groups is 2. The van der Waals surface area contributed by atoms with Crippen molar-refractivity contribution < 1.29 is 9.53 Å². The van der Waals surface area contributed by atoms with E-state index < -0.39 is 7.26 Å². The summed E-state index contributed by atoms with van der Waals surface area (Å²) < 4.78 is 6.41. The molecule has 4 aromatic carbocycles. The van der Waals surface area contributed by atoms with Gasteiger partial charge in [0.1, 0.15) is 35.2 Å². The van der Waals surface area contributed by atoms with Crippen molar-refractivity contribution in [3.63, 3.8) is 0 Å². The van der Waals surface area contributed by atoms with Crippen LogP contribution in [-0.4, -0.2) is 54.5 Å². The van der Waals surface area contributed by atoms with E-state index in [9.17, 15) is 4.79 Å². The number of rotatable bonds is 13. The smallest absolute Gasteiger partial charge is 0.187 e. The molecule has 0 saturated heterocycles. The largest absolute Gasteiger partial charge is 0.364 e.